The van der Waals surface area contributed by atoms with E-state index < -0.39 is 11.9 Å². The Labute approximate surface area is 239 Å². The third-order valence-electron chi connectivity index (χ3n) is 7.12. The molecule has 0 bridgehead atoms. The Morgan fingerprint density at radius 2 is 1.88 bits per heavy atom. The van der Waals surface area contributed by atoms with Gasteiger partial charge in [0.05, 0.1) is 35.0 Å². The predicted molar refractivity (Wildman–Crippen MR) is 150 cm³/mol. The summed E-state index contributed by atoms with van der Waals surface area (Å²) in [5.74, 6) is -0.0449. The zero-order valence-electron chi connectivity index (χ0n) is 21.9. The van der Waals surface area contributed by atoms with Crippen LogP contribution in [0.1, 0.15) is 17.2 Å². The molecule has 0 radical (unpaired) electrons. The van der Waals surface area contributed by atoms with Gasteiger partial charge in [0.15, 0.2) is 0 Å². The van der Waals surface area contributed by atoms with Gasteiger partial charge in [-0.1, -0.05) is 17.7 Å². The van der Waals surface area contributed by atoms with Crippen LogP contribution in [-0.2, 0) is 11.8 Å². The van der Waals surface area contributed by atoms with Crippen molar-refractivity contribution < 1.29 is 9.18 Å². The number of aryl methyl sites for hydroxylation is 1. The van der Waals surface area contributed by atoms with Crippen molar-refractivity contribution in [3.8, 4) is 28.6 Å². The van der Waals surface area contributed by atoms with E-state index in [0.717, 1.165) is 16.9 Å². The number of nitriles is 1. The van der Waals surface area contributed by atoms with Crippen LogP contribution in [0.3, 0.4) is 0 Å². The average molecular weight is 571 g/mol. The summed E-state index contributed by atoms with van der Waals surface area (Å²) >= 11 is 5.87. The van der Waals surface area contributed by atoms with Crippen molar-refractivity contribution in [3.63, 3.8) is 0 Å². The number of anilines is 1. The molecule has 1 fully saturated rings. The normalized spacial score (nSPS) is 14.3. The first kappa shape index (κ1) is 26.4. The van der Waals surface area contributed by atoms with Gasteiger partial charge in [-0.25, -0.2) is 18.9 Å². The molecule has 5 heterocycles. The molecule has 1 aromatic carbocycles. The third-order valence-corrected chi connectivity index (χ3v) is 7.41. The first-order chi connectivity index (χ1) is 19.8. The van der Waals surface area contributed by atoms with Crippen molar-refractivity contribution in [1.82, 2.24) is 34.3 Å². The van der Waals surface area contributed by atoms with Crippen molar-refractivity contribution in [3.05, 3.63) is 83.3 Å². The van der Waals surface area contributed by atoms with Crippen LogP contribution in [0.5, 0.6) is 0 Å². The number of rotatable bonds is 5. The molecule has 5 aromatic rings. The van der Waals surface area contributed by atoms with E-state index in [1.54, 1.807) is 32.7 Å². The molecule has 1 aliphatic heterocycles. The second-order valence-electron chi connectivity index (χ2n) is 9.71. The minimum atomic E-state index is -0.925. The molecule has 1 unspecified atom stereocenters. The van der Waals surface area contributed by atoms with Crippen LogP contribution in [0.4, 0.5) is 10.2 Å². The van der Waals surface area contributed by atoms with E-state index in [-0.39, 0.29) is 10.9 Å². The zero-order valence-corrected chi connectivity index (χ0v) is 22.7. The highest BCUT2D eigenvalue weighted by Crippen LogP contribution is 2.29. The number of aromatic nitrogens is 6. The topological polar surface area (TPSA) is 134 Å². The fourth-order valence-electron chi connectivity index (χ4n) is 4.90. The highest BCUT2D eigenvalue weighted by molar-refractivity contribution is 6.30. The number of nitrogens with two attached hydrogens (primary N) is 1. The molecule has 0 aliphatic carbocycles. The molecule has 1 saturated heterocycles. The number of hydrogen-bond donors (Lipinski definition) is 1. The number of halogens is 2. The molecule has 4 aromatic heterocycles. The Morgan fingerprint density at radius 3 is 2.54 bits per heavy atom. The molecule has 1 aliphatic rings. The molecule has 6 rings (SSSR count). The highest BCUT2D eigenvalue weighted by Gasteiger charge is 2.27. The lowest BCUT2D eigenvalue weighted by molar-refractivity contribution is -0.133. The maximum absolute atomic E-state index is 13.5. The Balaban J connectivity index is 1.20. The lowest BCUT2D eigenvalue weighted by Gasteiger charge is -2.36. The van der Waals surface area contributed by atoms with E-state index in [4.69, 9.17) is 22.3 Å². The number of fused-ring (bicyclic) bond motifs is 1. The number of hydrogen-bond acceptors (Lipinski definition) is 8. The SMILES string of the molecule is Cn1cc(-c2cn3ncc(C#N)c3c(-c3ccc(N4CCN(C(=O)C(N)c5ccc(F)c(Cl)c5)CC4)nc3)n2)cn1. The number of pyridine rings is 1. The van der Waals surface area contributed by atoms with Crippen molar-refractivity contribution in [1.29, 1.82) is 5.26 Å². The van der Waals surface area contributed by atoms with E-state index in [9.17, 15) is 14.4 Å². The van der Waals surface area contributed by atoms with E-state index in [2.05, 4.69) is 26.2 Å². The number of piperazine rings is 1. The quantitative estimate of drug-likeness (QED) is 0.340. The first-order valence-corrected chi connectivity index (χ1v) is 13.2. The summed E-state index contributed by atoms with van der Waals surface area (Å²) in [7, 11) is 1.83. The summed E-state index contributed by atoms with van der Waals surface area (Å²) in [4.78, 5) is 26.3. The molecule has 41 heavy (non-hydrogen) atoms. The molecule has 2 N–H and O–H groups in total. The van der Waals surface area contributed by atoms with Gasteiger partial charge in [0.25, 0.3) is 0 Å². The van der Waals surface area contributed by atoms with Gasteiger partial charge < -0.3 is 15.5 Å². The second-order valence-corrected chi connectivity index (χ2v) is 10.1. The van der Waals surface area contributed by atoms with Gasteiger partial charge >= 0.3 is 0 Å². The Hall–Kier alpha value is -4.86. The molecule has 1 amide bonds. The van der Waals surface area contributed by atoms with Gasteiger partial charge in [0.1, 0.15) is 34.8 Å². The van der Waals surface area contributed by atoms with E-state index in [0.29, 0.717) is 54.2 Å². The van der Waals surface area contributed by atoms with E-state index in [1.807, 2.05) is 25.4 Å². The number of nitrogens with zero attached hydrogens (tertiary/aromatic N) is 9. The molecule has 206 valence electrons. The van der Waals surface area contributed by atoms with Crippen LogP contribution in [0.25, 0.3) is 28.0 Å². The van der Waals surface area contributed by atoms with E-state index >= 15 is 0 Å². The minimum absolute atomic E-state index is 0.0677. The van der Waals surface area contributed by atoms with Crippen molar-refractivity contribution in [2.75, 3.05) is 31.1 Å². The Kier molecular flexibility index (Phi) is 6.82. The third kappa shape index (κ3) is 4.97. The summed E-state index contributed by atoms with van der Waals surface area (Å²) in [6, 6.07) is 9.15. The van der Waals surface area contributed by atoms with Crippen LogP contribution in [0.15, 0.2) is 61.3 Å². The van der Waals surface area contributed by atoms with Crippen LogP contribution in [0.2, 0.25) is 5.02 Å². The summed E-state index contributed by atoms with van der Waals surface area (Å²) in [5, 5.41) is 18.2. The Morgan fingerprint density at radius 1 is 1.07 bits per heavy atom. The summed E-state index contributed by atoms with van der Waals surface area (Å²) in [5.41, 5.74) is 10.5. The lowest BCUT2D eigenvalue weighted by atomic mass is 10.1. The van der Waals surface area contributed by atoms with Gasteiger partial charge in [0.2, 0.25) is 5.91 Å². The number of benzene rings is 1. The van der Waals surface area contributed by atoms with Gasteiger partial charge in [-0.05, 0) is 29.8 Å². The van der Waals surface area contributed by atoms with Crippen molar-refractivity contribution >= 4 is 28.8 Å². The van der Waals surface area contributed by atoms with Gasteiger partial charge in [-0.15, -0.1) is 0 Å². The minimum Gasteiger partial charge on any atom is -0.353 e. The van der Waals surface area contributed by atoms with Gasteiger partial charge in [0, 0.05) is 56.7 Å². The maximum atomic E-state index is 13.5. The molecule has 1 atom stereocenters. The first-order valence-electron chi connectivity index (χ1n) is 12.8. The molecular formula is C28H24ClFN10O. The molecule has 11 nitrogen and oxygen atoms in total. The van der Waals surface area contributed by atoms with Crippen LogP contribution in [-0.4, -0.2) is 66.3 Å². The van der Waals surface area contributed by atoms with E-state index in [1.165, 1.54) is 24.4 Å². The number of amides is 1. The monoisotopic (exact) mass is 570 g/mol. The van der Waals surface area contributed by atoms with Crippen molar-refractivity contribution in [2.45, 2.75) is 6.04 Å². The van der Waals surface area contributed by atoms with Crippen LogP contribution < -0.4 is 10.6 Å². The fraction of sp³-hybridized carbons (Fsp3) is 0.214. The maximum Gasteiger partial charge on any atom is 0.244 e. The van der Waals surface area contributed by atoms with Crippen molar-refractivity contribution in [2.24, 2.45) is 12.8 Å². The largest absolute Gasteiger partial charge is 0.353 e. The number of carbonyl (C=O) groups is 1. The average Bonchev–Trinajstić information content (AvgIpc) is 3.63. The summed E-state index contributed by atoms with van der Waals surface area (Å²) < 4.78 is 16.9. The zero-order chi connectivity index (χ0) is 28.7. The molecule has 0 spiro atoms. The smallest absolute Gasteiger partial charge is 0.244 e. The Bertz CT molecular complexity index is 1800. The van der Waals surface area contributed by atoms with Gasteiger partial charge in [-0.3, -0.25) is 9.48 Å². The molecule has 13 heteroatoms. The molecular weight excluding hydrogens is 547 g/mol. The predicted octanol–water partition coefficient (Wildman–Crippen LogP) is 3.20. The summed E-state index contributed by atoms with van der Waals surface area (Å²) in [6.45, 7) is 2.05. The molecule has 0 saturated carbocycles. The van der Waals surface area contributed by atoms with Crippen LogP contribution in [0, 0.1) is 17.1 Å². The fourth-order valence-corrected chi connectivity index (χ4v) is 5.09. The lowest BCUT2D eigenvalue weighted by Crippen LogP contribution is -2.51. The van der Waals surface area contributed by atoms with Gasteiger partial charge in [-0.2, -0.15) is 15.5 Å². The number of carbonyl (C=O) groups excluding carboxylic acids is 1. The van der Waals surface area contributed by atoms with Crippen LogP contribution >= 0.6 is 11.6 Å². The standard InChI is InChI=1S/C28H24ClFN10O/c1-37-15-20(14-34-37)23-16-40-27(19(11-31)13-35-40)26(36-23)18-3-5-24(33-12-18)38-6-8-39(9-7-38)28(41)25(32)17-2-4-22(30)21(29)10-17/h2-5,10,12-16,25H,6-9,32H2,1H3. The summed E-state index contributed by atoms with van der Waals surface area (Å²) in [6.07, 6.45) is 8.60. The highest BCUT2D eigenvalue weighted by atomic mass is 35.5. The second kappa shape index (κ2) is 10.6.